The van der Waals surface area contributed by atoms with Crippen molar-refractivity contribution < 1.29 is 0 Å². The topological polar surface area (TPSA) is 24.7 Å². The highest BCUT2D eigenvalue weighted by atomic mass is 14.8. The lowest BCUT2D eigenvalue weighted by atomic mass is 10.1. The number of aliphatic imine (C=N–C) groups is 2. The van der Waals surface area contributed by atoms with Gasteiger partial charge in [0, 0.05) is 6.21 Å². The predicted molar refractivity (Wildman–Crippen MR) is 92.3 cm³/mol. The molecule has 2 heteroatoms. The maximum atomic E-state index is 4.71. The molecule has 0 unspecified atom stereocenters. The van der Waals surface area contributed by atoms with Crippen LogP contribution in [0.25, 0.3) is 0 Å². The lowest BCUT2D eigenvalue weighted by Crippen LogP contribution is -1.99. The minimum Gasteiger partial charge on any atom is -0.255 e. The van der Waals surface area contributed by atoms with Crippen molar-refractivity contribution in [1.82, 2.24) is 0 Å². The molecule has 0 bridgehead atoms. The highest BCUT2D eigenvalue weighted by Crippen LogP contribution is 2.13. The third kappa shape index (κ3) is 5.74. The molecule has 21 heavy (non-hydrogen) atoms. The van der Waals surface area contributed by atoms with Gasteiger partial charge in [0.25, 0.3) is 0 Å². The normalized spacial score (nSPS) is 12.0. The van der Waals surface area contributed by atoms with E-state index in [0.717, 1.165) is 29.9 Å². The molecule has 0 spiro atoms. The van der Waals surface area contributed by atoms with Crippen LogP contribution >= 0.6 is 0 Å². The summed E-state index contributed by atoms with van der Waals surface area (Å²) < 4.78 is 0. The largest absolute Gasteiger partial charge is 0.255 e. The quantitative estimate of drug-likeness (QED) is 0.455. The van der Waals surface area contributed by atoms with E-state index >= 15 is 0 Å². The Kier molecular flexibility index (Phi) is 6.40. The van der Waals surface area contributed by atoms with Crippen molar-refractivity contribution in [2.75, 3.05) is 0 Å². The SMILES string of the molecule is CCCCCC(C=Nc1ccccc1)=Nc1ccccc1. The molecule has 0 fully saturated rings. The third-order valence-electron chi connectivity index (χ3n) is 3.18. The molecule has 0 aliphatic carbocycles. The number of benzene rings is 2. The monoisotopic (exact) mass is 278 g/mol. The number of rotatable bonds is 7. The molecule has 2 nitrogen and oxygen atoms in total. The van der Waals surface area contributed by atoms with Crippen LogP contribution in [0.2, 0.25) is 0 Å². The zero-order valence-corrected chi connectivity index (χ0v) is 12.6. The van der Waals surface area contributed by atoms with Crippen molar-refractivity contribution >= 4 is 23.3 Å². The molecule has 0 N–H and O–H groups in total. The summed E-state index contributed by atoms with van der Waals surface area (Å²) in [7, 11) is 0. The van der Waals surface area contributed by atoms with E-state index in [1.54, 1.807) is 0 Å². The summed E-state index contributed by atoms with van der Waals surface area (Å²) >= 11 is 0. The lowest BCUT2D eigenvalue weighted by molar-refractivity contribution is 0.744. The van der Waals surface area contributed by atoms with E-state index in [2.05, 4.69) is 11.9 Å². The average Bonchev–Trinajstić information content (AvgIpc) is 2.54. The molecule has 2 rings (SSSR count). The maximum absolute atomic E-state index is 4.71. The minimum absolute atomic E-state index is 0.966. The average molecular weight is 278 g/mol. The van der Waals surface area contributed by atoms with Crippen LogP contribution in [0.1, 0.15) is 32.6 Å². The Hall–Kier alpha value is -2.22. The summed E-state index contributed by atoms with van der Waals surface area (Å²) in [6.07, 6.45) is 6.47. The summed E-state index contributed by atoms with van der Waals surface area (Å²) in [5, 5.41) is 0. The highest BCUT2D eigenvalue weighted by molar-refractivity contribution is 6.31. The molecular formula is C19H22N2. The molecule has 2 aromatic rings. The molecule has 0 radical (unpaired) electrons. The van der Waals surface area contributed by atoms with Crippen LogP contribution in [0.5, 0.6) is 0 Å². The van der Waals surface area contributed by atoms with Gasteiger partial charge in [0.15, 0.2) is 0 Å². The molecule has 0 saturated carbocycles. The zero-order valence-electron chi connectivity index (χ0n) is 12.6. The van der Waals surface area contributed by atoms with E-state index < -0.39 is 0 Å². The van der Waals surface area contributed by atoms with Crippen LogP contribution in [0, 0.1) is 0 Å². The summed E-state index contributed by atoms with van der Waals surface area (Å²) in [5.74, 6) is 0. The van der Waals surface area contributed by atoms with Crippen LogP contribution < -0.4 is 0 Å². The molecule has 0 amide bonds. The first-order valence-corrected chi connectivity index (χ1v) is 7.60. The number of hydrogen-bond acceptors (Lipinski definition) is 2. The first-order chi connectivity index (χ1) is 10.4. The summed E-state index contributed by atoms with van der Waals surface area (Å²) in [4.78, 5) is 9.24. The van der Waals surface area contributed by atoms with E-state index in [0.29, 0.717) is 0 Å². The second-order valence-corrected chi connectivity index (χ2v) is 4.99. The molecule has 108 valence electrons. The summed E-state index contributed by atoms with van der Waals surface area (Å²) in [6, 6.07) is 20.1. The Labute approximate surface area is 127 Å². The molecular weight excluding hydrogens is 256 g/mol. The molecule has 0 saturated heterocycles. The van der Waals surface area contributed by atoms with Crippen LogP contribution in [0.4, 0.5) is 11.4 Å². The van der Waals surface area contributed by atoms with Gasteiger partial charge < -0.3 is 0 Å². The summed E-state index contributed by atoms with van der Waals surface area (Å²) in [5.41, 5.74) is 3.00. The predicted octanol–water partition coefficient (Wildman–Crippen LogP) is 5.74. The van der Waals surface area contributed by atoms with Crippen molar-refractivity contribution in [3.63, 3.8) is 0 Å². The van der Waals surface area contributed by atoms with Crippen molar-refractivity contribution in [2.45, 2.75) is 32.6 Å². The molecule has 0 heterocycles. The van der Waals surface area contributed by atoms with Crippen LogP contribution in [-0.2, 0) is 0 Å². The van der Waals surface area contributed by atoms with Gasteiger partial charge in [-0.25, -0.2) is 0 Å². The minimum atomic E-state index is 0.966. The number of unbranched alkanes of at least 4 members (excludes halogenated alkanes) is 2. The van der Waals surface area contributed by atoms with Gasteiger partial charge in [-0.05, 0) is 37.1 Å². The molecule has 0 aliphatic rings. The Bertz CT molecular complexity index is 571. The highest BCUT2D eigenvalue weighted by Gasteiger charge is 1.98. The van der Waals surface area contributed by atoms with Crippen molar-refractivity contribution in [3.8, 4) is 0 Å². The smallest absolute Gasteiger partial charge is 0.0633 e. The number of hydrogen-bond donors (Lipinski definition) is 0. The van der Waals surface area contributed by atoms with Crippen molar-refractivity contribution in [2.24, 2.45) is 9.98 Å². The Morgan fingerprint density at radius 1 is 0.857 bits per heavy atom. The third-order valence-corrected chi connectivity index (χ3v) is 3.18. The maximum Gasteiger partial charge on any atom is 0.0633 e. The first-order valence-electron chi connectivity index (χ1n) is 7.60. The van der Waals surface area contributed by atoms with E-state index in [1.807, 2.05) is 66.9 Å². The van der Waals surface area contributed by atoms with Gasteiger partial charge in [0.05, 0.1) is 17.1 Å². The van der Waals surface area contributed by atoms with Crippen LogP contribution in [-0.4, -0.2) is 11.9 Å². The van der Waals surface area contributed by atoms with Crippen molar-refractivity contribution in [3.05, 3.63) is 60.7 Å². The van der Waals surface area contributed by atoms with Crippen LogP contribution in [0.15, 0.2) is 70.6 Å². The Morgan fingerprint density at radius 2 is 1.48 bits per heavy atom. The Balaban J connectivity index is 2.12. The Morgan fingerprint density at radius 3 is 2.10 bits per heavy atom. The first kappa shape index (κ1) is 15.2. The lowest BCUT2D eigenvalue weighted by Gasteiger charge is -2.01. The number of nitrogens with zero attached hydrogens (tertiary/aromatic N) is 2. The van der Waals surface area contributed by atoms with E-state index in [-0.39, 0.29) is 0 Å². The van der Waals surface area contributed by atoms with Gasteiger partial charge in [0.2, 0.25) is 0 Å². The number of para-hydroxylation sites is 2. The van der Waals surface area contributed by atoms with Crippen molar-refractivity contribution in [1.29, 1.82) is 0 Å². The fraction of sp³-hybridized carbons (Fsp3) is 0.263. The van der Waals surface area contributed by atoms with Gasteiger partial charge >= 0.3 is 0 Å². The van der Waals surface area contributed by atoms with E-state index in [4.69, 9.17) is 4.99 Å². The second-order valence-electron chi connectivity index (χ2n) is 4.99. The van der Waals surface area contributed by atoms with E-state index in [9.17, 15) is 0 Å². The van der Waals surface area contributed by atoms with Crippen LogP contribution in [0.3, 0.4) is 0 Å². The molecule has 2 aromatic carbocycles. The standard InChI is InChI=1S/C19H22N2/c1-2-3-6-15-19(21-18-13-9-5-10-14-18)16-20-17-11-7-4-8-12-17/h4-5,7-14,16H,2-3,6,15H2,1H3. The summed E-state index contributed by atoms with van der Waals surface area (Å²) in [6.45, 7) is 2.21. The molecule has 0 aromatic heterocycles. The van der Waals surface area contributed by atoms with E-state index in [1.165, 1.54) is 12.8 Å². The van der Waals surface area contributed by atoms with Gasteiger partial charge in [-0.3, -0.25) is 9.98 Å². The van der Waals surface area contributed by atoms with Gasteiger partial charge in [0.1, 0.15) is 0 Å². The second kappa shape index (κ2) is 8.85. The van der Waals surface area contributed by atoms with Gasteiger partial charge in [-0.15, -0.1) is 0 Å². The fourth-order valence-electron chi connectivity index (χ4n) is 2.04. The molecule has 0 atom stereocenters. The fourth-order valence-corrected chi connectivity index (χ4v) is 2.04. The van der Waals surface area contributed by atoms with Gasteiger partial charge in [-0.1, -0.05) is 56.2 Å². The molecule has 0 aliphatic heterocycles. The zero-order chi connectivity index (χ0) is 14.8. The van der Waals surface area contributed by atoms with Gasteiger partial charge in [-0.2, -0.15) is 0 Å².